The van der Waals surface area contributed by atoms with E-state index in [-0.39, 0.29) is 5.54 Å². The lowest BCUT2D eigenvalue weighted by Gasteiger charge is -2.51. The molecule has 4 nitrogen and oxygen atoms in total. The quantitative estimate of drug-likeness (QED) is 0.889. The van der Waals surface area contributed by atoms with Crippen molar-refractivity contribution in [3.8, 4) is 0 Å². The monoisotopic (exact) mass is 262 g/mol. The number of hydrogen-bond donors (Lipinski definition) is 1. The number of aromatic nitrogens is 1. The van der Waals surface area contributed by atoms with Crippen LogP contribution < -0.4 is 5.73 Å². The normalized spacial score (nSPS) is 24.5. The summed E-state index contributed by atoms with van der Waals surface area (Å²) in [6.07, 6.45) is 4.85. The Morgan fingerprint density at radius 3 is 2.89 bits per heavy atom. The van der Waals surface area contributed by atoms with Crippen LogP contribution in [0.1, 0.15) is 25.8 Å². The molecule has 2 heterocycles. The standard InChI is InChI=1S/C15H26N4/c1-15(2)12-18(3)11-14(6-7-16)19(15)10-13-5-4-8-17-9-13/h4-5,8-9,14H,6-7,10-12,16H2,1-3H3. The zero-order chi connectivity index (χ0) is 13.9. The van der Waals surface area contributed by atoms with Gasteiger partial charge in [0.2, 0.25) is 0 Å². The van der Waals surface area contributed by atoms with Crippen molar-refractivity contribution in [1.29, 1.82) is 0 Å². The highest BCUT2D eigenvalue weighted by molar-refractivity contribution is 5.10. The van der Waals surface area contributed by atoms with Crippen molar-refractivity contribution in [2.45, 2.75) is 38.4 Å². The Bertz CT molecular complexity index is 390. The van der Waals surface area contributed by atoms with Gasteiger partial charge in [-0.25, -0.2) is 0 Å². The first-order chi connectivity index (χ1) is 9.03. The van der Waals surface area contributed by atoms with Crippen molar-refractivity contribution < 1.29 is 0 Å². The van der Waals surface area contributed by atoms with Gasteiger partial charge in [-0.15, -0.1) is 0 Å². The smallest absolute Gasteiger partial charge is 0.0312 e. The van der Waals surface area contributed by atoms with Crippen molar-refractivity contribution in [3.63, 3.8) is 0 Å². The molecule has 0 saturated carbocycles. The Balaban J connectivity index is 2.17. The molecule has 0 aliphatic carbocycles. The summed E-state index contributed by atoms with van der Waals surface area (Å²) in [7, 11) is 2.20. The second-order valence-corrected chi connectivity index (χ2v) is 6.23. The molecule has 0 spiro atoms. The molecule has 1 unspecified atom stereocenters. The van der Waals surface area contributed by atoms with E-state index in [0.29, 0.717) is 6.04 Å². The predicted octanol–water partition coefficient (Wildman–Crippen LogP) is 1.32. The lowest BCUT2D eigenvalue weighted by atomic mass is 9.93. The van der Waals surface area contributed by atoms with E-state index in [1.165, 1.54) is 5.56 Å². The van der Waals surface area contributed by atoms with E-state index < -0.39 is 0 Å². The first kappa shape index (κ1) is 14.4. The summed E-state index contributed by atoms with van der Waals surface area (Å²) in [5, 5.41) is 0. The van der Waals surface area contributed by atoms with Gasteiger partial charge in [-0.2, -0.15) is 0 Å². The molecule has 1 atom stereocenters. The number of hydrogen-bond acceptors (Lipinski definition) is 4. The van der Waals surface area contributed by atoms with Gasteiger partial charge in [0, 0.05) is 43.6 Å². The highest BCUT2D eigenvalue weighted by Gasteiger charge is 2.38. The van der Waals surface area contributed by atoms with E-state index in [1.54, 1.807) is 0 Å². The van der Waals surface area contributed by atoms with Gasteiger partial charge in [-0.05, 0) is 45.5 Å². The molecule has 2 rings (SSSR count). The molecule has 1 fully saturated rings. The minimum atomic E-state index is 0.169. The lowest BCUT2D eigenvalue weighted by Crippen LogP contribution is -2.62. The summed E-state index contributed by atoms with van der Waals surface area (Å²) in [6.45, 7) is 8.54. The van der Waals surface area contributed by atoms with Crippen molar-refractivity contribution in [2.24, 2.45) is 5.73 Å². The lowest BCUT2D eigenvalue weighted by molar-refractivity contribution is -0.0244. The average molecular weight is 262 g/mol. The van der Waals surface area contributed by atoms with Crippen LogP contribution in [0.25, 0.3) is 0 Å². The SMILES string of the molecule is CN1CC(CCN)N(Cc2cccnc2)C(C)(C)C1. The largest absolute Gasteiger partial charge is 0.330 e. The van der Waals surface area contributed by atoms with E-state index in [9.17, 15) is 0 Å². The van der Waals surface area contributed by atoms with Crippen LogP contribution in [0.5, 0.6) is 0 Å². The third kappa shape index (κ3) is 3.53. The molecule has 19 heavy (non-hydrogen) atoms. The maximum atomic E-state index is 5.79. The Morgan fingerprint density at radius 1 is 1.47 bits per heavy atom. The van der Waals surface area contributed by atoms with Crippen LogP contribution in [0.15, 0.2) is 24.5 Å². The summed E-state index contributed by atoms with van der Waals surface area (Å²) >= 11 is 0. The molecular formula is C15H26N4. The Hall–Kier alpha value is -0.970. The van der Waals surface area contributed by atoms with Gasteiger partial charge in [0.25, 0.3) is 0 Å². The minimum Gasteiger partial charge on any atom is -0.330 e. The second kappa shape index (κ2) is 5.99. The first-order valence-electron chi connectivity index (χ1n) is 7.07. The fourth-order valence-electron chi connectivity index (χ4n) is 3.24. The van der Waals surface area contributed by atoms with E-state index in [1.807, 2.05) is 18.5 Å². The molecule has 1 aliphatic heterocycles. The van der Waals surface area contributed by atoms with Crippen LogP contribution >= 0.6 is 0 Å². The molecule has 0 amide bonds. The second-order valence-electron chi connectivity index (χ2n) is 6.23. The number of pyridine rings is 1. The van der Waals surface area contributed by atoms with E-state index in [0.717, 1.165) is 32.6 Å². The van der Waals surface area contributed by atoms with Crippen LogP contribution in [0.3, 0.4) is 0 Å². The van der Waals surface area contributed by atoms with E-state index in [2.05, 4.69) is 41.7 Å². The average Bonchev–Trinajstić information content (AvgIpc) is 2.34. The zero-order valence-corrected chi connectivity index (χ0v) is 12.3. The minimum absolute atomic E-state index is 0.169. The summed E-state index contributed by atoms with van der Waals surface area (Å²) < 4.78 is 0. The van der Waals surface area contributed by atoms with Gasteiger partial charge in [-0.1, -0.05) is 6.07 Å². The molecule has 1 aromatic heterocycles. The van der Waals surface area contributed by atoms with Crippen LogP contribution in [0.2, 0.25) is 0 Å². The molecule has 4 heteroatoms. The summed E-state index contributed by atoms with van der Waals surface area (Å²) in [5.74, 6) is 0. The van der Waals surface area contributed by atoms with E-state index in [4.69, 9.17) is 5.73 Å². The van der Waals surface area contributed by atoms with E-state index >= 15 is 0 Å². The Labute approximate surface area is 116 Å². The molecular weight excluding hydrogens is 236 g/mol. The maximum absolute atomic E-state index is 5.79. The van der Waals surface area contributed by atoms with Crippen LogP contribution in [-0.2, 0) is 6.54 Å². The number of nitrogens with zero attached hydrogens (tertiary/aromatic N) is 3. The van der Waals surface area contributed by atoms with Gasteiger partial charge in [0.05, 0.1) is 0 Å². The number of piperazine rings is 1. The Morgan fingerprint density at radius 2 is 2.26 bits per heavy atom. The molecule has 106 valence electrons. The van der Waals surface area contributed by atoms with Crippen molar-refractivity contribution in [2.75, 3.05) is 26.7 Å². The molecule has 2 N–H and O–H groups in total. The summed E-state index contributed by atoms with van der Waals surface area (Å²) in [6, 6.07) is 4.69. The molecule has 1 saturated heterocycles. The molecule has 0 aromatic carbocycles. The zero-order valence-electron chi connectivity index (χ0n) is 12.3. The molecule has 0 bridgehead atoms. The molecule has 1 aromatic rings. The highest BCUT2D eigenvalue weighted by atomic mass is 15.3. The van der Waals surface area contributed by atoms with Crippen LogP contribution in [0.4, 0.5) is 0 Å². The summed E-state index contributed by atoms with van der Waals surface area (Å²) in [5.41, 5.74) is 7.24. The van der Waals surface area contributed by atoms with Gasteiger partial charge in [-0.3, -0.25) is 9.88 Å². The molecule has 1 aliphatic rings. The van der Waals surface area contributed by atoms with Crippen molar-refractivity contribution >= 4 is 0 Å². The predicted molar refractivity (Wildman–Crippen MR) is 78.8 cm³/mol. The van der Waals surface area contributed by atoms with Crippen LogP contribution in [-0.4, -0.2) is 53.0 Å². The molecule has 0 radical (unpaired) electrons. The first-order valence-corrected chi connectivity index (χ1v) is 7.07. The number of nitrogens with two attached hydrogens (primary N) is 1. The van der Waals surface area contributed by atoms with Crippen molar-refractivity contribution in [3.05, 3.63) is 30.1 Å². The highest BCUT2D eigenvalue weighted by Crippen LogP contribution is 2.27. The van der Waals surface area contributed by atoms with Gasteiger partial charge < -0.3 is 10.6 Å². The van der Waals surface area contributed by atoms with Crippen molar-refractivity contribution in [1.82, 2.24) is 14.8 Å². The maximum Gasteiger partial charge on any atom is 0.0312 e. The number of rotatable bonds is 4. The topological polar surface area (TPSA) is 45.4 Å². The fraction of sp³-hybridized carbons (Fsp3) is 0.667. The Kier molecular flexibility index (Phi) is 4.55. The van der Waals surface area contributed by atoms with Crippen LogP contribution in [0, 0.1) is 0 Å². The third-order valence-electron chi connectivity index (χ3n) is 3.97. The van der Waals surface area contributed by atoms with Gasteiger partial charge >= 0.3 is 0 Å². The fourth-order valence-corrected chi connectivity index (χ4v) is 3.24. The van der Waals surface area contributed by atoms with Gasteiger partial charge in [0.15, 0.2) is 0 Å². The third-order valence-corrected chi connectivity index (χ3v) is 3.97. The van der Waals surface area contributed by atoms with Gasteiger partial charge in [0.1, 0.15) is 0 Å². The number of likely N-dealkylation sites (N-methyl/N-ethyl adjacent to an activating group) is 1. The summed E-state index contributed by atoms with van der Waals surface area (Å²) in [4.78, 5) is 9.23.